The summed E-state index contributed by atoms with van der Waals surface area (Å²) in [7, 11) is 1.59. The monoisotopic (exact) mass is 210 g/mol. The third kappa shape index (κ3) is 3.21. The number of benzene rings is 1. The Bertz CT molecular complexity index is 341. The Kier molecular flexibility index (Phi) is 4.05. The summed E-state index contributed by atoms with van der Waals surface area (Å²) >= 11 is 0. The van der Waals surface area contributed by atoms with Crippen LogP contribution in [0.5, 0.6) is 0 Å². The molecule has 82 valence electrons. The smallest absolute Gasteiger partial charge is 0.292 e. The third-order valence-corrected chi connectivity index (χ3v) is 1.92. The van der Waals surface area contributed by atoms with Gasteiger partial charge in [0.2, 0.25) is 0 Å². The van der Waals surface area contributed by atoms with Crippen molar-refractivity contribution in [3.05, 3.63) is 34.4 Å². The van der Waals surface area contributed by atoms with Gasteiger partial charge in [-0.2, -0.15) is 0 Å². The van der Waals surface area contributed by atoms with Gasteiger partial charge < -0.3 is 10.1 Å². The van der Waals surface area contributed by atoms with Crippen LogP contribution < -0.4 is 5.32 Å². The predicted molar refractivity (Wildman–Crippen MR) is 58.1 cm³/mol. The first-order chi connectivity index (χ1) is 7.15. The molecule has 0 aliphatic rings. The molecule has 1 rings (SSSR count). The van der Waals surface area contributed by atoms with E-state index < -0.39 is 4.92 Å². The first-order valence-electron chi connectivity index (χ1n) is 4.64. The van der Waals surface area contributed by atoms with E-state index in [9.17, 15) is 10.1 Å². The van der Waals surface area contributed by atoms with E-state index in [-0.39, 0.29) is 11.7 Å². The molecule has 1 aromatic rings. The van der Waals surface area contributed by atoms with Crippen molar-refractivity contribution >= 4 is 11.4 Å². The summed E-state index contributed by atoms with van der Waals surface area (Å²) in [6.07, 6.45) is 0. The van der Waals surface area contributed by atoms with Crippen LogP contribution in [0.25, 0.3) is 0 Å². The van der Waals surface area contributed by atoms with Crippen LogP contribution in [-0.4, -0.2) is 24.7 Å². The number of rotatable bonds is 5. The van der Waals surface area contributed by atoms with Gasteiger partial charge in [0.25, 0.3) is 5.69 Å². The summed E-state index contributed by atoms with van der Waals surface area (Å²) in [5, 5.41) is 13.7. The molecule has 1 atom stereocenters. The van der Waals surface area contributed by atoms with E-state index in [1.165, 1.54) is 6.07 Å². The number of methoxy groups -OCH3 is 1. The highest BCUT2D eigenvalue weighted by molar-refractivity contribution is 5.61. The lowest BCUT2D eigenvalue weighted by Crippen LogP contribution is -2.21. The summed E-state index contributed by atoms with van der Waals surface area (Å²) in [5.74, 6) is 0. The number of hydrogen-bond donors (Lipinski definition) is 1. The maximum atomic E-state index is 10.7. The van der Waals surface area contributed by atoms with Crippen molar-refractivity contribution in [3.63, 3.8) is 0 Å². The highest BCUT2D eigenvalue weighted by Crippen LogP contribution is 2.23. The van der Waals surface area contributed by atoms with E-state index in [0.717, 1.165) is 0 Å². The highest BCUT2D eigenvalue weighted by atomic mass is 16.6. The van der Waals surface area contributed by atoms with Crippen LogP contribution in [0.4, 0.5) is 11.4 Å². The molecule has 0 bridgehead atoms. The molecule has 0 radical (unpaired) electrons. The van der Waals surface area contributed by atoms with Gasteiger partial charge in [-0.3, -0.25) is 10.1 Å². The number of anilines is 1. The normalized spacial score (nSPS) is 12.1. The lowest BCUT2D eigenvalue weighted by Gasteiger charge is -2.13. The zero-order valence-corrected chi connectivity index (χ0v) is 8.77. The molecular weight excluding hydrogens is 196 g/mol. The maximum Gasteiger partial charge on any atom is 0.292 e. The molecule has 15 heavy (non-hydrogen) atoms. The minimum Gasteiger partial charge on any atom is -0.383 e. The van der Waals surface area contributed by atoms with Crippen molar-refractivity contribution in [2.75, 3.05) is 19.0 Å². The van der Waals surface area contributed by atoms with E-state index in [4.69, 9.17) is 4.74 Å². The fraction of sp³-hybridized carbons (Fsp3) is 0.400. The molecule has 0 aromatic heterocycles. The Hall–Kier alpha value is -1.62. The molecule has 0 fully saturated rings. The SMILES string of the molecule is COC[C@@H](C)Nc1ccccc1[N+](=O)[O-]. The van der Waals surface area contributed by atoms with E-state index in [0.29, 0.717) is 12.3 Å². The lowest BCUT2D eigenvalue weighted by molar-refractivity contribution is -0.384. The molecule has 0 aliphatic carbocycles. The molecule has 0 saturated heterocycles. The summed E-state index contributed by atoms with van der Waals surface area (Å²) < 4.78 is 4.94. The standard InChI is InChI=1S/C10H14N2O3/c1-8(7-15-2)11-9-5-3-4-6-10(9)12(13)14/h3-6,8,11H,7H2,1-2H3/t8-/m1/s1. The van der Waals surface area contributed by atoms with Gasteiger partial charge in [0.05, 0.1) is 11.5 Å². The second-order valence-corrected chi connectivity index (χ2v) is 3.27. The number of para-hydroxylation sites is 2. The Morgan fingerprint density at radius 1 is 1.53 bits per heavy atom. The first kappa shape index (κ1) is 11.5. The molecule has 0 spiro atoms. The fourth-order valence-corrected chi connectivity index (χ4v) is 1.31. The van der Waals surface area contributed by atoms with Crippen molar-refractivity contribution in [1.82, 2.24) is 0 Å². The molecule has 1 N–H and O–H groups in total. The zero-order valence-electron chi connectivity index (χ0n) is 8.77. The molecule has 0 heterocycles. The Balaban J connectivity index is 2.79. The summed E-state index contributed by atoms with van der Waals surface area (Å²) in [6, 6.07) is 6.60. The van der Waals surface area contributed by atoms with Crippen molar-refractivity contribution < 1.29 is 9.66 Å². The Labute approximate surface area is 88.2 Å². The Morgan fingerprint density at radius 3 is 2.80 bits per heavy atom. The van der Waals surface area contributed by atoms with Gasteiger partial charge >= 0.3 is 0 Å². The molecule has 1 aromatic carbocycles. The van der Waals surface area contributed by atoms with E-state index >= 15 is 0 Å². The number of nitro groups is 1. The first-order valence-corrected chi connectivity index (χ1v) is 4.64. The number of ether oxygens (including phenoxy) is 1. The van der Waals surface area contributed by atoms with Crippen molar-refractivity contribution in [2.45, 2.75) is 13.0 Å². The van der Waals surface area contributed by atoms with Crippen molar-refractivity contribution in [2.24, 2.45) is 0 Å². The molecule has 0 saturated carbocycles. The summed E-state index contributed by atoms with van der Waals surface area (Å²) in [6.45, 7) is 2.41. The number of hydrogen-bond acceptors (Lipinski definition) is 4. The molecule has 5 heteroatoms. The number of nitrogens with zero attached hydrogens (tertiary/aromatic N) is 1. The van der Waals surface area contributed by atoms with Crippen LogP contribution in [0, 0.1) is 10.1 Å². The second kappa shape index (κ2) is 5.31. The third-order valence-electron chi connectivity index (χ3n) is 1.92. The summed E-state index contributed by atoms with van der Waals surface area (Å²) in [4.78, 5) is 10.3. The van der Waals surface area contributed by atoms with E-state index in [2.05, 4.69) is 5.32 Å². The zero-order chi connectivity index (χ0) is 11.3. The topological polar surface area (TPSA) is 64.4 Å². The average Bonchev–Trinajstić information content (AvgIpc) is 2.18. The fourth-order valence-electron chi connectivity index (χ4n) is 1.31. The van der Waals surface area contributed by atoms with Crippen LogP contribution in [-0.2, 0) is 4.74 Å². The highest BCUT2D eigenvalue weighted by Gasteiger charge is 2.13. The van der Waals surface area contributed by atoms with Gasteiger partial charge in [-0.1, -0.05) is 12.1 Å². The Morgan fingerprint density at radius 2 is 2.20 bits per heavy atom. The van der Waals surface area contributed by atoms with Crippen molar-refractivity contribution in [3.8, 4) is 0 Å². The predicted octanol–water partition coefficient (Wildman–Crippen LogP) is 2.04. The molecule has 0 unspecified atom stereocenters. The quantitative estimate of drug-likeness (QED) is 0.596. The number of nitro benzene ring substituents is 1. The van der Waals surface area contributed by atoms with Crippen LogP contribution >= 0.6 is 0 Å². The van der Waals surface area contributed by atoms with Crippen molar-refractivity contribution in [1.29, 1.82) is 0 Å². The van der Waals surface area contributed by atoms with Gasteiger partial charge in [0.15, 0.2) is 0 Å². The number of nitrogens with one attached hydrogen (secondary N) is 1. The molecule has 0 amide bonds. The minimum absolute atomic E-state index is 0.0381. The average molecular weight is 210 g/mol. The summed E-state index contributed by atoms with van der Waals surface area (Å²) in [5.41, 5.74) is 0.604. The van der Waals surface area contributed by atoms with Gasteiger partial charge in [-0.25, -0.2) is 0 Å². The van der Waals surface area contributed by atoms with Crippen LogP contribution in [0.15, 0.2) is 24.3 Å². The van der Waals surface area contributed by atoms with Gasteiger partial charge in [-0.15, -0.1) is 0 Å². The minimum atomic E-state index is -0.401. The van der Waals surface area contributed by atoms with Crippen LogP contribution in [0.1, 0.15) is 6.92 Å². The molecular formula is C10H14N2O3. The maximum absolute atomic E-state index is 10.7. The molecule has 5 nitrogen and oxygen atoms in total. The van der Waals surface area contributed by atoms with Gasteiger partial charge in [0, 0.05) is 19.2 Å². The molecule has 0 aliphatic heterocycles. The lowest BCUT2D eigenvalue weighted by atomic mass is 10.2. The second-order valence-electron chi connectivity index (χ2n) is 3.27. The van der Waals surface area contributed by atoms with Gasteiger partial charge in [0.1, 0.15) is 5.69 Å². The van der Waals surface area contributed by atoms with Crippen LogP contribution in [0.3, 0.4) is 0 Å². The van der Waals surface area contributed by atoms with E-state index in [1.807, 2.05) is 6.92 Å². The van der Waals surface area contributed by atoms with Crippen LogP contribution in [0.2, 0.25) is 0 Å². The van der Waals surface area contributed by atoms with E-state index in [1.54, 1.807) is 25.3 Å². The largest absolute Gasteiger partial charge is 0.383 e. The van der Waals surface area contributed by atoms with Gasteiger partial charge in [-0.05, 0) is 13.0 Å².